The molecule has 0 bridgehead atoms. The molecule has 6 rings (SSSR count). The maximum absolute atomic E-state index is 13.9. The number of ether oxygens (including phenoxy) is 6. The fraction of sp³-hybridized carbons (Fsp3) is 0.250. The molecule has 2 heterocycles. The van der Waals surface area contributed by atoms with E-state index in [0.717, 1.165) is 22.4 Å². The largest absolute Gasteiger partial charge is 0.490 e. The van der Waals surface area contributed by atoms with Crippen LogP contribution in [-0.4, -0.2) is 68.0 Å². The van der Waals surface area contributed by atoms with Gasteiger partial charge in [0.05, 0.1) is 31.9 Å². The quantitative estimate of drug-likeness (QED) is 0.0600. The minimum atomic E-state index is -0.940. The highest BCUT2D eigenvalue weighted by molar-refractivity contribution is 5.95. The topological polar surface area (TPSA) is 132 Å². The Morgan fingerprint density at radius 2 is 1.23 bits per heavy atom. The van der Waals surface area contributed by atoms with E-state index in [0.29, 0.717) is 47.0 Å². The first kappa shape index (κ1) is 41.5. The number of esters is 3. The Balaban J connectivity index is 0.000000219. The predicted molar refractivity (Wildman–Crippen MR) is 209 cm³/mol. The second-order valence-electron chi connectivity index (χ2n) is 12.6. The number of aryl methyl sites for hydroxylation is 2. The van der Waals surface area contributed by atoms with E-state index >= 15 is 0 Å². The molecular weight excluding hydrogens is 738 g/mol. The summed E-state index contributed by atoms with van der Waals surface area (Å²) in [5.41, 5.74) is 4.15. The van der Waals surface area contributed by atoms with Gasteiger partial charge in [0.2, 0.25) is 0 Å². The number of hydrogen-bond donors (Lipinski definition) is 0. The molecule has 6 aromatic rings. The van der Waals surface area contributed by atoms with Crippen LogP contribution in [0.15, 0.2) is 97.1 Å². The molecule has 0 saturated heterocycles. The summed E-state index contributed by atoms with van der Waals surface area (Å²) < 4.78 is 59.6. The molecule has 0 aliphatic rings. The Hall–Kier alpha value is -6.63. The Morgan fingerprint density at radius 1 is 0.667 bits per heavy atom. The van der Waals surface area contributed by atoms with Crippen LogP contribution in [0.2, 0.25) is 0 Å². The second-order valence-corrected chi connectivity index (χ2v) is 12.6. The van der Waals surface area contributed by atoms with Gasteiger partial charge in [-0.05, 0) is 92.8 Å². The Morgan fingerprint density at radius 3 is 1.81 bits per heavy atom. The summed E-state index contributed by atoms with van der Waals surface area (Å²) in [4.78, 5) is 44.7. The zero-order valence-corrected chi connectivity index (χ0v) is 32.2. The second kappa shape index (κ2) is 19.8. The van der Waals surface area contributed by atoms with E-state index < -0.39 is 35.6 Å². The number of carbonyl (C=O) groups excluding carboxylic acids is 3. The highest BCUT2D eigenvalue weighted by atomic mass is 19.1. The van der Waals surface area contributed by atoms with Crippen molar-refractivity contribution in [2.24, 2.45) is 0 Å². The number of benzene rings is 4. The first-order valence-electron chi connectivity index (χ1n) is 18.1. The number of pyridine rings is 2. The van der Waals surface area contributed by atoms with Crippen molar-refractivity contribution in [1.82, 2.24) is 9.97 Å². The van der Waals surface area contributed by atoms with Crippen molar-refractivity contribution in [2.45, 2.75) is 39.7 Å². The summed E-state index contributed by atoms with van der Waals surface area (Å²) in [7, 11) is 2.51. The van der Waals surface area contributed by atoms with Crippen molar-refractivity contribution in [3.63, 3.8) is 0 Å². The van der Waals surface area contributed by atoms with Crippen LogP contribution in [0.25, 0.3) is 21.8 Å². The van der Waals surface area contributed by atoms with E-state index in [9.17, 15) is 23.2 Å². The summed E-state index contributed by atoms with van der Waals surface area (Å²) in [5.74, 6) is -1.38. The van der Waals surface area contributed by atoms with Crippen LogP contribution in [0, 0.1) is 25.5 Å². The molecule has 0 saturated carbocycles. The number of methoxy groups -OCH3 is 2. The van der Waals surface area contributed by atoms with Crippen LogP contribution in [0.4, 0.5) is 8.78 Å². The lowest BCUT2D eigenvalue weighted by atomic mass is 10.1. The normalized spacial score (nSPS) is 11.2. The van der Waals surface area contributed by atoms with Gasteiger partial charge in [-0.15, -0.1) is 0 Å². The van der Waals surface area contributed by atoms with Crippen molar-refractivity contribution >= 4 is 39.7 Å². The van der Waals surface area contributed by atoms with Gasteiger partial charge in [0, 0.05) is 22.9 Å². The number of aromatic nitrogens is 2. The summed E-state index contributed by atoms with van der Waals surface area (Å²) >= 11 is 0. The van der Waals surface area contributed by atoms with Crippen molar-refractivity contribution < 1.29 is 51.6 Å². The summed E-state index contributed by atoms with van der Waals surface area (Å²) in [6.45, 7) is 6.44. The lowest BCUT2D eigenvalue weighted by Gasteiger charge is -2.19. The van der Waals surface area contributed by atoms with Gasteiger partial charge in [-0.25, -0.2) is 33.1 Å². The Kier molecular flexibility index (Phi) is 14.4. The summed E-state index contributed by atoms with van der Waals surface area (Å²) in [6.07, 6.45) is -0.0225. The van der Waals surface area contributed by atoms with Crippen LogP contribution in [0.3, 0.4) is 0 Å². The molecule has 2 aromatic heterocycles. The van der Waals surface area contributed by atoms with E-state index in [2.05, 4.69) is 9.97 Å². The average molecular weight is 781 g/mol. The number of hydrogen-bond acceptors (Lipinski definition) is 11. The van der Waals surface area contributed by atoms with Gasteiger partial charge in [0.25, 0.3) is 0 Å². The van der Waals surface area contributed by atoms with Crippen LogP contribution in [0.5, 0.6) is 17.2 Å². The first-order chi connectivity index (χ1) is 27.5. The third-order valence-corrected chi connectivity index (χ3v) is 8.76. The van der Waals surface area contributed by atoms with E-state index in [1.165, 1.54) is 62.8 Å². The summed E-state index contributed by atoms with van der Waals surface area (Å²) in [5, 5.41) is 0.825. The number of nitrogens with zero attached hydrogens (tertiary/aromatic N) is 2. The zero-order valence-electron chi connectivity index (χ0n) is 32.2. The predicted octanol–water partition coefficient (Wildman–Crippen LogP) is 8.34. The third-order valence-electron chi connectivity index (χ3n) is 8.76. The molecule has 11 nitrogen and oxygen atoms in total. The average Bonchev–Trinajstić information content (AvgIpc) is 3.22. The number of carbonyl (C=O) groups is 3. The smallest absolute Gasteiger partial charge is 0.356 e. The van der Waals surface area contributed by atoms with E-state index in [4.69, 9.17) is 28.4 Å². The molecule has 4 aromatic carbocycles. The minimum Gasteiger partial charge on any atom is -0.490 e. The highest BCUT2D eigenvalue weighted by Crippen LogP contribution is 2.30. The monoisotopic (exact) mass is 780 g/mol. The molecule has 0 aliphatic carbocycles. The van der Waals surface area contributed by atoms with Gasteiger partial charge < -0.3 is 28.4 Å². The fourth-order valence-corrected chi connectivity index (χ4v) is 5.71. The molecule has 1 atom stereocenters. The molecule has 1 unspecified atom stereocenters. The molecular formula is C44H42F2N2O9. The Labute approximate surface area is 328 Å². The lowest BCUT2D eigenvalue weighted by molar-refractivity contribution is -0.151. The van der Waals surface area contributed by atoms with Crippen molar-refractivity contribution in [2.75, 3.05) is 34.0 Å². The van der Waals surface area contributed by atoms with Gasteiger partial charge in [-0.1, -0.05) is 42.5 Å². The van der Waals surface area contributed by atoms with Gasteiger partial charge >= 0.3 is 17.9 Å². The number of fused-ring (bicyclic) bond motifs is 2. The molecule has 0 radical (unpaired) electrons. The molecule has 0 N–H and O–H groups in total. The van der Waals surface area contributed by atoms with Crippen molar-refractivity contribution in [3.8, 4) is 17.2 Å². The van der Waals surface area contributed by atoms with Crippen molar-refractivity contribution in [3.05, 3.63) is 137 Å². The van der Waals surface area contributed by atoms with Crippen LogP contribution in [0.1, 0.15) is 51.0 Å². The van der Waals surface area contributed by atoms with Gasteiger partial charge in [-0.2, -0.15) is 0 Å². The van der Waals surface area contributed by atoms with E-state index in [1.807, 2.05) is 62.4 Å². The highest BCUT2D eigenvalue weighted by Gasteiger charge is 2.24. The lowest BCUT2D eigenvalue weighted by Crippen LogP contribution is -2.30. The van der Waals surface area contributed by atoms with Gasteiger partial charge in [0.15, 0.2) is 17.5 Å². The van der Waals surface area contributed by atoms with Crippen molar-refractivity contribution in [1.29, 1.82) is 0 Å². The zero-order chi connectivity index (χ0) is 40.9. The first-order valence-corrected chi connectivity index (χ1v) is 18.1. The third kappa shape index (κ3) is 11.0. The maximum atomic E-state index is 13.9. The molecule has 0 fully saturated rings. The molecule has 0 amide bonds. The standard InChI is InChI=1S/C23H22FNO5.C21H20FNO4/c1-3-29-23(27)20(12-9-15-7-5-4-6-8-15)30-21-14-19(22(26)28-2)25-18-11-10-16(24)13-17(18)21;1-13-5-4-6-19(14(13)2)26-9-10-27-20-12-18(21(24)25-3)23-17-8-7-15(22)11-16(17)20/h4-8,10-11,13-14,20H,3,9,12H2,1-2H3;4-8,11-12H,9-10H2,1-3H3. The molecule has 296 valence electrons. The van der Waals surface area contributed by atoms with Gasteiger partial charge in [-0.3, -0.25) is 0 Å². The Bertz CT molecular complexity index is 2360. The fourth-order valence-electron chi connectivity index (χ4n) is 5.71. The summed E-state index contributed by atoms with van der Waals surface area (Å²) in [6, 6.07) is 26.3. The molecule has 13 heteroatoms. The number of rotatable bonds is 14. The minimum absolute atomic E-state index is 0.00252. The molecule has 57 heavy (non-hydrogen) atoms. The van der Waals surface area contributed by atoms with Gasteiger partial charge in [0.1, 0.15) is 42.1 Å². The SMILES string of the molecule is CCOC(=O)C(CCc1ccccc1)Oc1cc(C(=O)OC)nc2ccc(F)cc12.COC(=O)c1cc(OCCOc2cccc(C)c2C)c2cc(F)ccc2n1. The maximum Gasteiger partial charge on any atom is 0.356 e. The van der Waals surface area contributed by atoms with Crippen LogP contribution in [-0.2, 0) is 25.4 Å². The molecule has 0 aliphatic heterocycles. The van der Waals surface area contributed by atoms with Crippen LogP contribution < -0.4 is 14.2 Å². The van der Waals surface area contributed by atoms with E-state index in [1.54, 1.807) is 6.92 Å². The molecule has 0 spiro atoms. The van der Waals surface area contributed by atoms with Crippen LogP contribution >= 0.6 is 0 Å². The van der Waals surface area contributed by atoms with E-state index in [-0.39, 0.29) is 30.4 Å². The number of halogens is 2.